The molecule has 2 aromatic rings. The summed E-state index contributed by atoms with van der Waals surface area (Å²) in [6.45, 7) is 5.63. The highest BCUT2D eigenvalue weighted by Crippen LogP contribution is 2.26. The summed E-state index contributed by atoms with van der Waals surface area (Å²) in [5.41, 5.74) is 1.36. The summed E-state index contributed by atoms with van der Waals surface area (Å²) in [6.07, 6.45) is 0.133. The van der Waals surface area contributed by atoms with Gasteiger partial charge in [-0.15, -0.1) is 0 Å². The average molecular weight is 292 g/mol. The van der Waals surface area contributed by atoms with Crippen molar-refractivity contribution in [1.82, 2.24) is 4.98 Å². The van der Waals surface area contributed by atoms with Gasteiger partial charge in [-0.05, 0) is 45.0 Å². The van der Waals surface area contributed by atoms with E-state index >= 15 is 0 Å². The Morgan fingerprint density at radius 1 is 1.35 bits per heavy atom. The number of ether oxygens (including phenoxy) is 1. The molecule has 0 saturated carbocycles. The van der Waals surface area contributed by atoms with E-state index in [9.17, 15) is 4.79 Å². The van der Waals surface area contributed by atoms with E-state index in [0.29, 0.717) is 10.8 Å². The van der Waals surface area contributed by atoms with Crippen molar-refractivity contribution in [1.29, 1.82) is 0 Å². The second-order valence-corrected chi connectivity index (χ2v) is 5.55. The SMILES string of the molecule is Cc1nc(Nc2ccc(OC(C)C)cc2)sc1C(=O)O. The lowest BCUT2D eigenvalue weighted by atomic mass is 10.3. The Labute approximate surface area is 121 Å². The number of carbonyl (C=O) groups is 1. The predicted molar refractivity (Wildman–Crippen MR) is 79.3 cm³/mol. The number of thiazole rings is 1. The van der Waals surface area contributed by atoms with Crippen LogP contribution in [0, 0.1) is 6.92 Å². The largest absolute Gasteiger partial charge is 0.491 e. The van der Waals surface area contributed by atoms with E-state index in [1.54, 1.807) is 6.92 Å². The fourth-order valence-corrected chi connectivity index (χ4v) is 2.49. The maximum Gasteiger partial charge on any atom is 0.347 e. The van der Waals surface area contributed by atoms with Crippen molar-refractivity contribution in [2.75, 3.05) is 5.32 Å². The van der Waals surface area contributed by atoms with Crippen LogP contribution in [0.2, 0.25) is 0 Å². The summed E-state index contributed by atoms with van der Waals surface area (Å²) >= 11 is 1.12. The third kappa shape index (κ3) is 3.48. The number of hydrogen-bond acceptors (Lipinski definition) is 5. The van der Waals surface area contributed by atoms with Gasteiger partial charge in [0.25, 0.3) is 0 Å². The average Bonchev–Trinajstić information content (AvgIpc) is 2.72. The number of carboxylic acid groups (broad SMARTS) is 1. The van der Waals surface area contributed by atoms with Crippen LogP contribution in [0.25, 0.3) is 0 Å². The van der Waals surface area contributed by atoms with Gasteiger partial charge in [-0.1, -0.05) is 11.3 Å². The van der Waals surface area contributed by atoms with Crippen LogP contribution in [-0.4, -0.2) is 22.2 Å². The molecule has 1 aromatic heterocycles. The first-order valence-electron chi connectivity index (χ1n) is 6.20. The Morgan fingerprint density at radius 2 is 2.00 bits per heavy atom. The summed E-state index contributed by atoms with van der Waals surface area (Å²) in [5, 5.41) is 12.6. The lowest BCUT2D eigenvalue weighted by molar-refractivity contribution is 0.0701. The number of nitrogens with one attached hydrogen (secondary N) is 1. The van der Waals surface area contributed by atoms with Gasteiger partial charge in [-0.3, -0.25) is 0 Å². The first-order chi connectivity index (χ1) is 9.45. The molecule has 0 spiro atoms. The summed E-state index contributed by atoms with van der Waals surface area (Å²) in [7, 11) is 0. The number of aryl methyl sites for hydroxylation is 1. The molecule has 5 nitrogen and oxygen atoms in total. The molecule has 1 aromatic carbocycles. The molecule has 0 saturated heterocycles. The highest BCUT2D eigenvalue weighted by molar-refractivity contribution is 7.17. The Kier molecular flexibility index (Phi) is 4.24. The molecule has 20 heavy (non-hydrogen) atoms. The topological polar surface area (TPSA) is 71.5 Å². The predicted octanol–water partition coefficient (Wildman–Crippen LogP) is 3.68. The van der Waals surface area contributed by atoms with Gasteiger partial charge in [0, 0.05) is 5.69 Å². The quantitative estimate of drug-likeness (QED) is 0.879. The Bertz CT molecular complexity index is 605. The third-order valence-electron chi connectivity index (χ3n) is 2.47. The Hall–Kier alpha value is -2.08. The van der Waals surface area contributed by atoms with Gasteiger partial charge in [0.05, 0.1) is 11.8 Å². The Morgan fingerprint density at radius 3 is 2.50 bits per heavy atom. The standard InChI is InChI=1S/C14H16N2O3S/c1-8(2)19-11-6-4-10(5-7-11)16-14-15-9(3)12(20-14)13(17)18/h4-8H,1-3H3,(H,15,16)(H,17,18). The number of hydrogen-bond donors (Lipinski definition) is 2. The Balaban J connectivity index is 2.10. The normalized spacial score (nSPS) is 10.6. The molecule has 6 heteroatoms. The van der Waals surface area contributed by atoms with E-state index in [-0.39, 0.29) is 11.0 Å². The first kappa shape index (κ1) is 14.3. The molecule has 0 amide bonds. The highest BCUT2D eigenvalue weighted by Gasteiger charge is 2.13. The molecule has 0 bridgehead atoms. The zero-order chi connectivity index (χ0) is 14.7. The highest BCUT2D eigenvalue weighted by atomic mass is 32.1. The molecule has 0 fully saturated rings. The van der Waals surface area contributed by atoms with Crippen LogP contribution in [0.15, 0.2) is 24.3 Å². The van der Waals surface area contributed by atoms with Crippen LogP contribution in [-0.2, 0) is 0 Å². The number of nitrogens with zero attached hydrogens (tertiary/aromatic N) is 1. The van der Waals surface area contributed by atoms with Crippen molar-refractivity contribution in [3.8, 4) is 5.75 Å². The molecule has 106 valence electrons. The fraction of sp³-hybridized carbons (Fsp3) is 0.286. The fourth-order valence-electron chi connectivity index (χ4n) is 1.66. The van der Waals surface area contributed by atoms with Crippen molar-refractivity contribution >= 4 is 28.1 Å². The van der Waals surface area contributed by atoms with Crippen LogP contribution >= 0.6 is 11.3 Å². The maximum absolute atomic E-state index is 11.0. The van der Waals surface area contributed by atoms with Crippen molar-refractivity contribution in [3.05, 3.63) is 34.8 Å². The lowest BCUT2D eigenvalue weighted by Crippen LogP contribution is -2.05. The van der Waals surface area contributed by atoms with Crippen molar-refractivity contribution in [2.24, 2.45) is 0 Å². The number of carboxylic acids is 1. The van der Waals surface area contributed by atoms with E-state index in [2.05, 4.69) is 10.3 Å². The van der Waals surface area contributed by atoms with Gasteiger partial charge in [0.1, 0.15) is 10.6 Å². The molecule has 0 aliphatic heterocycles. The molecule has 0 aliphatic rings. The third-order valence-corrected chi connectivity index (χ3v) is 3.53. The summed E-state index contributed by atoms with van der Waals surface area (Å²) in [6, 6.07) is 7.46. The number of aromatic nitrogens is 1. The van der Waals surface area contributed by atoms with E-state index in [1.807, 2.05) is 38.1 Å². The minimum Gasteiger partial charge on any atom is -0.491 e. The van der Waals surface area contributed by atoms with Gasteiger partial charge >= 0.3 is 5.97 Å². The van der Waals surface area contributed by atoms with E-state index in [0.717, 1.165) is 22.8 Å². The zero-order valence-corrected chi connectivity index (χ0v) is 12.3. The lowest BCUT2D eigenvalue weighted by Gasteiger charge is -2.10. The molecule has 2 N–H and O–H groups in total. The first-order valence-corrected chi connectivity index (χ1v) is 7.02. The van der Waals surface area contributed by atoms with Crippen molar-refractivity contribution < 1.29 is 14.6 Å². The molecule has 0 unspecified atom stereocenters. The summed E-state index contributed by atoms with van der Waals surface area (Å²) in [4.78, 5) is 15.4. The zero-order valence-electron chi connectivity index (χ0n) is 11.5. The second kappa shape index (κ2) is 5.92. The van der Waals surface area contributed by atoms with Crippen molar-refractivity contribution in [3.63, 3.8) is 0 Å². The molecule has 1 heterocycles. The molecule has 0 aliphatic carbocycles. The smallest absolute Gasteiger partial charge is 0.347 e. The minimum atomic E-state index is -0.950. The van der Waals surface area contributed by atoms with Crippen LogP contribution in [0.5, 0.6) is 5.75 Å². The number of anilines is 2. The number of rotatable bonds is 5. The maximum atomic E-state index is 11.0. The monoisotopic (exact) mass is 292 g/mol. The van der Waals surface area contributed by atoms with Crippen molar-refractivity contribution in [2.45, 2.75) is 26.9 Å². The van der Waals surface area contributed by atoms with Crippen LogP contribution in [0.4, 0.5) is 10.8 Å². The van der Waals surface area contributed by atoms with E-state index in [1.165, 1.54) is 0 Å². The van der Waals surface area contributed by atoms with Gasteiger partial charge in [0.2, 0.25) is 0 Å². The molecular weight excluding hydrogens is 276 g/mol. The van der Waals surface area contributed by atoms with E-state index < -0.39 is 5.97 Å². The van der Waals surface area contributed by atoms with Gasteiger partial charge in [0.15, 0.2) is 5.13 Å². The molecule has 2 rings (SSSR count). The van der Waals surface area contributed by atoms with Gasteiger partial charge in [-0.25, -0.2) is 9.78 Å². The van der Waals surface area contributed by atoms with E-state index in [4.69, 9.17) is 9.84 Å². The van der Waals surface area contributed by atoms with Crippen LogP contribution in [0.1, 0.15) is 29.2 Å². The summed E-state index contributed by atoms with van der Waals surface area (Å²) in [5.74, 6) is -0.152. The summed E-state index contributed by atoms with van der Waals surface area (Å²) < 4.78 is 5.56. The van der Waals surface area contributed by atoms with Crippen LogP contribution in [0.3, 0.4) is 0 Å². The number of benzene rings is 1. The molecule has 0 radical (unpaired) electrons. The van der Waals surface area contributed by atoms with Gasteiger partial charge < -0.3 is 15.2 Å². The number of aromatic carboxylic acids is 1. The second-order valence-electron chi connectivity index (χ2n) is 4.55. The minimum absolute atomic E-state index is 0.133. The molecular formula is C14H16N2O3S. The van der Waals surface area contributed by atoms with Crippen LogP contribution < -0.4 is 10.1 Å². The van der Waals surface area contributed by atoms with Gasteiger partial charge in [-0.2, -0.15) is 0 Å². The molecule has 0 atom stereocenters.